The van der Waals surface area contributed by atoms with Gasteiger partial charge >= 0.3 is 11.9 Å². The van der Waals surface area contributed by atoms with E-state index in [1.165, 1.54) is 7.05 Å². The summed E-state index contributed by atoms with van der Waals surface area (Å²) in [6, 6.07) is 4.26. The third-order valence-electron chi connectivity index (χ3n) is 9.68. The van der Waals surface area contributed by atoms with Gasteiger partial charge in [-0.15, -0.1) is 0 Å². The second kappa shape index (κ2) is 31.2. The SMILES string of the molecule is CNC(=O)[C@H](CC(C)C)NC(=O)CNC(=O)[C@H](CCCCNCc1ccccc1)NC(=O)CCCCCNC(=O)[C@H](CC(=O)O)NC(=O)[C@H](CCC(=O)O)NC(=O)[C@@H](N)CC(C)C. The smallest absolute Gasteiger partial charge is 0.305 e. The van der Waals surface area contributed by atoms with Crippen LogP contribution in [0.1, 0.15) is 110 Å². The summed E-state index contributed by atoms with van der Waals surface area (Å²) in [4.78, 5) is 113. The van der Waals surface area contributed by atoms with Crippen molar-refractivity contribution in [1.82, 2.24) is 42.5 Å². The van der Waals surface area contributed by atoms with Crippen LogP contribution in [0, 0.1) is 11.8 Å². The molecule has 0 heterocycles. The summed E-state index contributed by atoms with van der Waals surface area (Å²) in [7, 11) is 1.47. The van der Waals surface area contributed by atoms with E-state index in [1.807, 2.05) is 58.0 Å². The summed E-state index contributed by atoms with van der Waals surface area (Å²) in [5.41, 5.74) is 7.04. The van der Waals surface area contributed by atoms with Crippen molar-refractivity contribution in [2.75, 3.05) is 26.7 Å². The lowest BCUT2D eigenvalue weighted by Crippen LogP contribution is -2.56. The molecular formula is C43H71N9O11. The molecule has 1 aromatic carbocycles. The number of carboxylic acid groups (broad SMARTS) is 2. The molecule has 20 nitrogen and oxygen atoms in total. The zero-order chi connectivity index (χ0) is 47.3. The fourth-order valence-electron chi connectivity index (χ4n) is 6.38. The topological polar surface area (TPSA) is 316 Å². The third-order valence-corrected chi connectivity index (χ3v) is 9.68. The van der Waals surface area contributed by atoms with E-state index in [4.69, 9.17) is 10.8 Å². The second-order valence-electron chi connectivity index (χ2n) is 16.4. The zero-order valence-corrected chi connectivity index (χ0v) is 37.4. The van der Waals surface area contributed by atoms with Gasteiger partial charge in [-0.2, -0.15) is 0 Å². The fourth-order valence-corrected chi connectivity index (χ4v) is 6.38. The molecule has 0 aliphatic heterocycles. The average molecular weight is 890 g/mol. The number of aliphatic carboxylic acids is 2. The molecule has 0 radical (unpaired) electrons. The van der Waals surface area contributed by atoms with Crippen LogP contribution in [0.25, 0.3) is 0 Å². The number of rotatable bonds is 33. The van der Waals surface area contributed by atoms with E-state index in [9.17, 15) is 48.3 Å². The summed E-state index contributed by atoms with van der Waals surface area (Å²) in [6.07, 6.45) is 1.94. The number of hydrogen-bond acceptors (Lipinski definition) is 11. The Morgan fingerprint density at radius 1 is 0.571 bits per heavy atom. The van der Waals surface area contributed by atoms with Crippen LogP contribution >= 0.6 is 0 Å². The van der Waals surface area contributed by atoms with Gasteiger partial charge in [0.25, 0.3) is 0 Å². The largest absolute Gasteiger partial charge is 0.481 e. The molecule has 0 aliphatic carbocycles. The Balaban J connectivity index is 2.76. The van der Waals surface area contributed by atoms with E-state index in [0.717, 1.165) is 5.56 Å². The average Bonchev–Trinajstić information content (AvgIpc) is 3.22. The van der Waals surface area contributed by atoms with Crippen LogP contribution in [0.5, 0.6) is 0 Å². The van der Waals surface area contributed by atoms with Gasteiger partial charge < -0.3 is 58.5 Å². The Morgan fingerprint density at radius 2 is 1.17 bits per heavy atom. The van der Waals surface area contributed by atoms with Crippen LogP contribution in [-0.2, 0) is 49.7 Å². The fraction of sp³-hybridized carbons (Fsp3) is 0.651. The van der Waals surface area contributed by atoms with Crippen molar-refractivity contribution in [1.29, 1.82) is 0 Å². The number of nitrogens with two attached hydrogens (primary N) is 1. The Labute approximate surface area is 370 Å². The number of hydrogen-bond donors (Lipinski definition) is 11. The maximum atomic E-state index is 13.3. The minimum atomic E-state index is -1.54. The Hall–Kier alpha value is -5.63. The minimum absolute atomic E-state index is 0.0435. The van der Waals surface area contributed by atoms with Gasteiger partial charge in [0.05, 0.1) is 19.0 Å². The predicted molar refractivity (Wildman–Crippen MR) is 234 cm³/mol. The van der Waals surface area contributed by atoms with Gasteiger partial charge in [-0.05, 0) is 75.3 Å². The first-order valence-electron chi connectivity index (χ1n) is 21.7. The van der Waals surface area contributed by atoms with Crippen molar-refractivity contribution in [2.24, 2.45) is 17.6 Å². The van der Waals surface area contributed by atoms with Gasteiger partial charge in [0.15, 0.2) is 0 Å². The molecule has 0 spiro atoms. The van der Waals surface area contributed by atoms with Crippen LogP contribution in [0.2, 0.25) is 0 Å². The standard InChI is InChI=1S/C43H71N9O11/c1-27(2)22-30(44)39(59)51-32(18-19-37(55)56)43(63)52-34(24-38(57)58)42(62)47-21-12-7-10-17-35(53)49-31(16-11-13-20-46-25-29-14-8-6-9-15-29)41(61)48-26-36(54)50-33(23-28(3)4)40(60)45-5/h6,8-9,14-15,27-28,30-34,46H,7,10-13,16-26,44H2,1-5H3,(H,45,60)(H,47,62)(H,48,61)(H,49,53)(H,50,54)(H,51,59)(H,52,63)(H,55,56)(H,57,58)/t30-,31-,32-,33-,34-/m0/s1. The van der Waals surface area contributed by atoms with Gasteiger partial charge in [-0.25, -0.2) is 0 Å². The number of nitrogens with one attached hydrogen (secondary N) is 8. The summed E-state index contributed by atoms with van der Waals surface area (Å²) in [5.74, 6) is -6.75. The van der Waals surface area contributed by atoms with E-state index in [-0.39, 0.29) is 37.1 Å². The molecule has 63 heavy (non-hydrogen) atoms. The lowest BCUT2D eigenvalue weighted by atomic mass is 10.0. The van der Waals surface area contributed by atoms with E-state index in [0.29, 0.717) is 64.5 Å². The zero-order valence-electron chi connectivity index (χ0n) is 37.4. The van der Waals surface area contributed by atoms with Crippen molar-refractivity contribution in [2.45, 2.75) is 141 Å². The molecule has 1 aromatic rings. The summed E-state index contributed by atoms with van der Waals surface area (Å²) in [5, 5.41) is 39.7. The number of benzene rings is 1. The van der Waals surface area contributed by atoms with Crippen molar-refractivity contribution >= 4 is 53.3 Å². The molecule has 354 valence electrons. The molecule has 0 aromatic heterocycles. The summed E-state index contributed by atoms with van der Waals surface area (Å²) >= 11 is 0. The Bertz CT molecular complexity index is 1630. The maximum absolute atomic E-state index is 13.3. The van der Waals surface area contributed by atoms with Crippen molar-refractivity contribution < 1.29 is 53.4 Å². The molecule has 0 unspecified atom stereocenters. The molecule has 5 atom stereocenters. The predicted octanol–water partition coefficient (Wildman–Crippen LogP) is 0.184. The highest BCUT2D eigenvalue weighted by Crippen LogP contribution is 2.09. The van der Waals surface area contributed by atoms with Gasteiger partial charge in [-0.3, -0.25) is 43.2 Å². The van der Waals surface area contributed by atoms with Gasteiger partial charge in [-0.1, -0.05) is 64.4 Å². The molecular weight excluding hydrogens is 819 g/mol. The Morgan fingerprint density at radius 3 is 1.79 bits per heavy atom. The number of carbonyl (C=O) groups is 9. The summed E-state index contributed by atoms with van der Waals surface area (Å²) < 4.78 is 0. The molecule has 1 rings (SSSR count). The number of unbranched alkanes of at least 4 members (excludes halogenated alkanes) is 3. The molecule has 7 amide bonds. The van der Waals surface area contributed by atoms with Crippen LogP contribution in [0.4, 0.5) is 0 Å². The maximum Gasteiger partial charge on any atom is 0.305 e. The van der Waals surface area contributed by atoms with E-state index >= 15 is 0 Å². The highest BCUT2D eigenvalue weighted by Gasteiger charge is 2.30. The number of likely N-dealkylation sites (N-methyl/N-ethyl adjacent to an activating group) is 1. The van der Waals surface area contributed by atoms with Crippen LogP contribution in [0.3, 0.4) is 0 Å². The van der Waals surface area contributed by atoms with Gasteiger partial charge in [0.1, 0.15) is 24.2 Å². The molecule has 0 aliphatic rings. The van der Waals surface area contributed by atoms with Crippen LogP contribution in [-0.4, -0.2) is 120 Å². The monoisotopic (exact) mass is 890 g/mol. The van der Waals surface area contributed by atoms with Crippen molar-refractivity contribution in [3.8, 4) is 0 Å². The molecule has 0 saturated heterocycles. The molecule has 20 heteroatoms. The molecule has 0 fully saturated rings. The number of carbonyl (C=O) groups excluding carboxylic acids is 7. The Kier molecular flexibility index (Phi) is 27.5. The minimum Gasteiger partial charge on any atom is -0.481 e. The lowest BCUT2D eigenvalue weighted by molar-refractivity contribution is -0.141. The van der Waals surface area contributed by atoms with Crippen LogP contribution < -0.4 is 48.3 Å². The highest BCUT2D eigenvalue weighted by molar-refractivity contribution is 5.95. The summed E-state index contributed by atoms with van der Waals surface area (Å²) in [6.45, 7) is 8.55. The van der Waals surface area contributed by atoms with E-state index < -0.39 is 97.0 Å². The normalized spacial score (nSPS) is 13.4. The molecule has 12 N–H and O–H groups in total. The van der Waals surface area contributed by atoms with E-state index in [2.05, 4.69) is 42.5 Å². The van der Waals surface area contributed by atoms with Crippen LogP contribution in [0.15, 0.2) is 30.3 Å². The van der Waals surface area contributed by atoms with E-state index in [1.54, 1.807) is 0 Å². The molecule has 0 saturated carbocycles. The second-order valence-corrected chi connectivity index (χ2v) is 16.4. The van der Waals surface area contributed by atoms with Gasteiger partial charge in [0, 0.05) is 33.0 Å². The van der Waals surface area contributed by atoms with Crippen molar-refractivity contribution in [3.63, 3.8) is 0 Å². The molecule has 0 bridgehead atoms. The first-order valence-corrected chi connectivity index (χ1v) is 21.7. The van der Waals surface area contributed by atoms with Gasteiger partial charge in [0.2, 0.25) is 41.4 Å². The third kappa shape index (κ3) is 25.8. The number of carboxylic acids is 2. The lowest BCUT2D eigenvalue weighted by Gasteiger charge is -2.23. The number of amides is 7. The van der Waals surface area contributed by atoms with Crippen molar-refractivity contribution in [3.05, 3.63) is 35.9 Å². The first-order chi connectivity index (χ1) is 29.8. The first kappa shape index (κ1) is 55.4. The highest BCUT2D eigenvalue weighted by atomic mass is 16.4. The quantitative estimate of drug-likeness (QED) is 0.0421.